The number of rotatable bonds is 10. The van der Waals surface area contributed by atoms with Crippen molar-refractivity contribution in [3.8, 4) is 17.2 Å². The zero-order valence-electron chi connectivity index (χ0n) is 25.1. The van der Waals surface area contributed by atoms with Crippen LogP contribution < -0.4 is 29.1 Å². The number of fused-ring (bicyclic) bond motifs is 1. The summed E-state index contributed by atoms with van der Waals surface area (Å²) < 4.78 is 24.8. The molecule has 3 aromatic carbocycles. The summed E-state index contributed by atoms with van der Waals surface area (Å²) in [5.74, 6) is 1.25. The van der Waals surface area contributed by atoms with Crippen LogP contribution in [0.2, 0.25) is 5.02 Å². The van der Waals surface area contributed by atoms with Crippen molar-refractivity contribution in [2.45, 2.75) is 46.4 Å². The van der Waals surface area contributed by atoms with Crippen LogP contribution in [-0.2, 0) is 16.1 Å². The molecule has 44 heavy (non-hydrogen) atoms. The van der Waals surface area contributed by atoms with Crippen molar-refractivity contribution in [1.29, 1.82) is 0 Å². The fourth-order valence-electron chi connectivity index (χ4n) is 4.90. The van der Waals surface area contributed by atoms with E-state index in [1.165, 1.54) is 11.3 Å². The molecule has 5 rings (SSSR count). The molecular formula is C34H33ClN2O6S. The Balaban J connectivity index is 1.54. The third kappa shape index (κ3) is 6.59. The quantitative estimate of drug-likeness (QED) is 0.205. The van der Waals surface area contributed by atoms with E-state index in [4.69, 9.17) is 30.5 Å². The molecule has 0 radical (unpaired) electrons. The summed E-state index contributed by atoms with van der Waals surface area (Å²) in [6, 6.07) is 19.6. The van der Waals surface area contributed by atoms with Gasteiger partial charge < -0.3 is 18.9 Å². The smallest absolute Gasteiger partial charge is 0.338 e. The summed E-state index contributed by atoms with van der Waals surface area (Å²) in [7, 11) is 1.56. The zero-order chi connectivity index (χ0) is 31.4. The van der Waals surface area contributed by atoms with E-state index in [9.17, 15) is 9.59 Å². The van der Waals surface area contributed by atoms with E-state index in [1.54, 1.807) is 50.7 Å². The van der Waals surface area contributed by atoms with Crippen molar-refractivity contribution in [2.75, 3.05) is 13.7 Å². The van der Waals surface area contributed by atoms with Crippen molar-refractivity contribution in [3.63, 3.8) is 0 Å². The van der Waals surface area contributed by atoms with E-state index in [0.717, 1.165) is 16.7 Å². The predicted octanol–water partition coefficient (Wildman–Crippen LogP) is 5.83. The van der Waals surface area contributed by atoms with Crippen LogP contribution in [0.3, 0.4) is 0 Å². The number of halogens is 1. The van der Waals surface area contributed by atoms with E-state index < -0.39 is 12.0 Å². The van der Waals surface area contributed by atoms with Crippen molar-refractivity contribution in [1.82, 2.24) is 4.57 Å². The highest BCUT2D eigenvalue weighted by atomic mass is 35.5. The number of methoxy groups -OCH3 is 1. The highest BCUT2D eigenvalue weighted by Gasteiger charge is 2.33. The molecule has 228 valence electrons. The van der Waals surface area contributed by atoms with Crippen LogP contribution in [-0.4, -0.2) is 30.4 Å². The lowest BCUT2D eigenvalue weighted by Gasteiger charge is -2.25. The molecule has 0 saturated heterocycles. The fraction of sp³-hybridized carbons (Fsp3) is 0.265. The Morgan fingerprint density at radius 2 is 1.82 bits per heavy atom. The highest BCUT2D eigenvalue weighted by molar-refractivity contribution is 7.07. The van der Waals surface area contributed by atoms with Crippen molar-refractivity contribution in [2.24, 2.45) is 4.99 Å². The minimum absolute atomic E-state index is 0.270. The zero-order valence-corrected chi connectivity index (χ0v) is 26.7. The van der Waals surface area contributed by atoms with Gasteiger partial charge in [-0.15, -0.1) is 0 Å². The molecule has 1 aliphatic rings. The molecule has 1 aliphatic heterocycles. The number of aromatic nitrogens is 1. The fourth-order valence-corrected chi connectivity index (χ4v) is 6.14. The lowest BCUT2D eigenvalue weighted by atomic mass is 9.96. The molecule has 1 atom stereocenters. The van der Waals surface area contributed by atoms with Gasteiger partial charge in [-0.05, 0) is 75.2 Å². The van der Waals surface area contributed by atoms with Crippen LogP contribution in [0.25, 0.3) is 6.08 Å². The summed E-state index contributed by atoms with van der Waals surface area (Å²) in [5, 5.41) is 0.623. The Hall–Kier alpha value is -4.34. The third-order valence-electron chi connectivity index (χ3n) is 6.92. The van der Waals surface area contributed by atoms with Crippen molar-refractivity contribution < 1.29 is 23.7 Å². The molecule has 1 aromatic heterocycles. The van der Waals surface area contributed by atoms with Crippen LogP contribution >= 0.6 is 22.9 Å². The van der Waals surface area contributed by atoms with Crippen molar-refractivity contribution >= 4 is 35.0 Å². The Morgan fingerprint density at radius 3 is 2.50 bits per heavy atom. The van der Waals surface area contributed by atoms with Crippen LogP contribution in [0.5, 0.6) is 17.2 Å². The topological polar surface area (TPSA) is 88.4 Å². The highest BCUT2D eigenvalue weighted by Crippen LogP contribution is 2.33. The van der Waals surface area contributed by atoms with Gasteiger partial charge in [0.1, 0.15) is 12.4 Å². The molecule has 0 amide bonds. The lowest BCUT2D eigenvalue weighted by Crippen LogP contribution is -2.40. The van der Waals surface area contributed by atoms with Crippen LogP contribution in [0.4, 0.5) is 0 Å². The number of esters is 1. The van der Waals surface area contributed by atoms with Gasteiger partial charge >= 0.3 is 5.97 Å². The number of hydrogen-bond donors (Lipinski definition) is 0. The monoisotopic (exact) mass is 632 g/mol. The lowest BCUT2D eigenvalue weighted by molar-refractivity contribution is -0.143. The second-order valence-corrected chi connectivity index (χ2v) is 11.7. The Kier molecular flexibility index (Phi) is 9.56. The molecule has 0 aliphatic carbocycles. The first-order valence-electron chi connectivity index (χ1n) is 14.2. The maximum Gasteiger partial charge on any atom is 0.338 e. The van der Waals surface area contributed by atoms with Crippen LogP contribution in [0.15, 0.2) is 87.8 Å². The molecule has 0 spiro atoms. The Labute approximate surface area is 264 Å². The Morgan fingerprint density at radius 1 is 1.07 bits per heavy atom. The van der Waals surface area contributed by atoms with E-state index in [0.29, 0.717) is 49.5 Å². The van der Waals surface area contributed by atoms with Crippen LogP contribution in [0, 0.1) is 0 Å². The SMILES string of the molecule is CCOc1ccc([C@H]2C(C(=O)OC(C)C)=C(C)N=c3s/c(=C/c4ccc(OCc5ccccc5Cl)c(OC)c4)c(=O)n32)cc1. The van der Waals surface area contributed by atoms with Gasteiger partial charge in [-0.25, -0.2) is 9.79 Å². The predicted molar refractivity (Wildman–Crippen MR) is 171 cm³/mol. The normalized spacial score (nSPS) is 14.7. The van der Waals surface area contributed by atoms with E-state index in [2.05, 4.69) is 4.99 Å². The number of allylic oxidation sites excluding steroid dienone is 1. The van der Waals surface area contributed by atoms with Gasteiger partial charge in [0.15, 0.2) is 16.3 Å². The number of hydrogen-bond acceptors (Lipinski definition) is 8. The minimum Gasteiger partial charge on any atom is -0.494 e. The molecule has 0 N–H and O–H groups in total. The summed E-state index contributed by atoms with van der Waals surface area (Å²) >= 11 is 7.53. The second kappa shape index (κ2) is 13.5. The molecule has 0 bridgehead atoms. The molecule has 0 fully saturated rings. The first-order valence-corrected chi connectivity index (χ1v) is 15.4. The van der Waals surface area contributed by atoms with Gasteiger partial charge in [-0.3, -0.25) is 9.36 Å². The Bertz CT molecular complexity index is 1890. The number of carbonyl (C=O) groups excluding carboxylic acids is 1. The van der Waals surface area contributed by atoms with Gasteiger partial charge in [-0.1, -0.05) is 59.3 Å². The summed E-state index contributed by atoms with van der Waals surface area (Å²) in [6.45, 7) is 8.06. The maximum absolute atomic E-state index is 14.0. The minimum atomic E-state index is -0.717. The number of carbonyl (C=O) groups is 1. The van der Waals surface area contributed by atoms with E-state index in [-0.39, 0.29) is 18.3 Å². The summed E-state index contributed by atoms with van der Waals surface area (Å²) in [5.41, 5.74) is 2.90. The molecule has 8 nitrogen and oxygen atoms in total. The first kappa shape index (κ1) is 31.1. The second-order valence-electron chi connectivity index (χ2n) is 10.3. The first-order chi connectivity index (χ1) is 21.2. The average Bonchev–Trinajstić information content (AvgIpc) is 3.30. The molecule has 4 aromatic rings. The summed E-state index contributed by atoms with van der Waals surface area (Å²) in [4.78, 5) is 32.5. The molecule has 0 unspecified atom stereocenters. The van der Waals surface area contributed by atoms with E-state index >= 15 is 0 Å². The molecule has 0 saturated carbocycles. The molecule has 2 heterocycles. The van der Waals surface area contributed by atoms with Gasteiger partial charge in [0, 0.05) is 10.6 Å². The number of ether oxygens (including phenoxy) is 4. The summed E-state index contributed by atoms with van der Waals surface area (Å²) in [6.07, 6.45) is 1.45. The van der Waals surface area contributed by atoms with Gasteiger partial charge in [-0.2, -0.15) is 0 Å². The largest absolute Gasteiger partial charge is 0.494 e. The number of thiazole rings is 1. The molecule has 10 heteroatoms. The standard InChI is InChI=1S/C34H33ClN2O6S/c1-6-41-25-14-12-23(13-15-25)31-30(33(39)43-20(2)3)21(4)36-34-37(31)32(38)29(44-34)18-22-11-16-27(28(17-22)40-5)42-19-24-9-7-8-10-26(24)35/h7-18,20,31H,6,19H2,1-5H3/b29-18+/t31-/m0/s1. The van der Waals surface area contributed by atoms with Gasteiger partial charge in [0.25, 0.3) is 5.56 Å². The molecular weight excluding hydrogens is 600 g/mol. The average molecular weight is 633 g/mol. The maximum atomic E-state index is 14.0. The van der Waals surface area contributed by atoms with Gasteiger partial charge in [0.05, 0.1) is 41.7 Å². The van der Waals surface area contributed by atoms with Crippen molar-refractivity contribution in [3.05, 3.63) is 119 Å². The third-order valence-corrected chi connectivity index (χ3v) is 8.27. The van der Waals surface area contributed by atoms with E-state index in [1.807, 2.05) is 61.5 Å². The van der Waals surface area contributed by atoms with Gasteiger partial charge in [0.2, 0.25) is 0 Å². The number of benzene rings is 3. The number of nitrogens with zero attached hydrogens (tertiary/aromatic N) is 2. The van der Waals surface area contributed by atoms with Crippen LogP contribution in [0.1, 0.15) is 50.4 Å².